The average Bonchev–Trinajstić information content (AvgIpc) is 2.60. The maximum absolute atomic E-state index is 12.1. The number of nitro benzene ring substituents is 2. The Labute approximate surface area is 147 Å². The van der Waals surface area contributed by atoms with Gasteiger partial charge in [-0.05, 0) is 25.0 Å². The van der Waals surface area contributed by atoms with Crippen LogP contribution in [-0.2, 0) is 9.59 Å². The van der Waals surface area contributed by atoms with Gasteiger partial charge in [0.05, 0.1) is 15.4 Å². The molecule has 0 saturated heterocycles. The van der Waals surface area contributed by atoms with Crippen LogP contribution in [0, 0.1) is 20.2 Å². The van der Waals surface area contributed by atoms with Crippen LogP contribution in [-0.4, -0.2) is 32.4 Å². The Morgan fingerprint density at radius 3 is 2.31 bits per heavy atom. The lowest BCUT2D eigenvalue weighted by atomic mass is 9.81. The molecule has 26 heavy (non-hydrogen) atoms. The van der Waals surface area contributed by atoms with Gasteiger partial charge in [-0.15, -0.1) is 0 Å². The van der Waals surface area contributed by atoms with Crippen LogP contribution >= 0.6 is 0 Å². The summed E-state index contributed by atoms with van der Waals surface area (Å²) in [6, 6.07) is 3.53. The molecule has 0 aliphatic heterocycles. The number of hydrogen-bond donors (Lipinski definition) is 2. The third kappa shape index (κ3) is 4.02. The number of nitro groups is 2. The molecule has 1 aliphatic carbocycles. The van der Waals surface area contributed by atoms with Crippen LogP contribution in [0.5, 0.6) is 0 Å². The number of nitrogens with one attached hydrogen (secondary N) is 1. The Kier molecular flexibility index (Phi) is 5.65. The van der Waals surface area contributed by atoms with Crippen molar-refractivity contribution in [3.63, 3.8) is 0 Å². The minimum absolute atomic E-state index is 0.118. The standard InChI is InChI=1S/C16H17N3O7/c20-13(17-16(15(21)22)9-2-1-3-10-16)8-7-11-5-4-6-12(18(23)24)14(11)19(25)26/h4-8H,1-3,9-10H2,(H,17,20)(H,21,22)/b8-7+. The smallest absolute Gasteiger partial charge is 0.353 e. The van der Waals surface area contributed by atoms with E-state index in [1.165, 1.54) is 12.1 Å². The molecule has 1 aromatic carbocycles. The van der Waals surface area contributed by atoms with Crippen molar-refractivity contribution in [1.82, 2.24) is 5.32 Å². The first-order chi connectivity index (χ1) is 12.3. The number of carboxylic acids is 1. The van der Waals surface area contributed by atoms with Gasteiger partial charge >= 0.3 is 17.3 Å². The van der Waals surface area contributed by atoms with Gasteiger partial charge < -0.3 is 10.4 Å². The van der Waals surface area contributed by atoms with Crippen LogP contribution in [0.25, 0.3) is 6.08 Å². The zero-order chi connectivity index (χ0) is 19.3. The van der Waals surface area contributed by atoms with Gasteiger partial charge in [0.25, 0.3) is 0 Å². The van der Waals surface area contributed by atoms with Gasteiger partial charge in [0.15, 0.2) is 0 Å². The molecule has 2 rings (SSSR count). The van der Waals surface area contributed by atoms with Crippen LogP contribution in [0.3, 0.4) is 0 Å². The van der Waals surface area contributed by atoms with E-state index in [1.54, 1.807) is 0 Å². The number of carbonyl (C=O) groups is 2. The van der Waals surface area contributed by atoms with E-state index < -0.39 is 38.6 Å². The lowest BCUT2D eigenvalue weighted by molar-refractivity contribution is -0.422. The minimum atomic E-state index is -1.35. The highest BCUT2D eigenvalue weighted by atomic mass is 16.6. The van der Waals surface area contributed by atoms with Crippen LogP contribution in [0.2, 0.25) is 0 Å². The number of aliphatic carboxylic acids is 1. The topological polar surface area (TPSA) is 153 Å². The molecule has 0 aromatic heterocycles. The fourth-order valence-corrected chi connectivity index (χ4v) is 3.02. The van der Waals surface area contributed by atoms with E-state index in [1.807, 2.05) is 0 Å². The summed E-state index contributed by atoms with van der Waals surface area (Å²) in [5.74, 6) is -1.85. The zero-order valence-electron chi connectivity index (χ0n) is 13.7. The van der Waals surface area contributed by atoms with Crippen LogP contribution in [0.1, 0.15) is 37.7 Å². The molecule has 0 unspecified atom stereocenters. The predicted octanol–water partition coefficient (Wildman–Crippen LogP) is 2.42. The molecule has 1 saturated carbocycles. The molecule has 0 heterocycles. The molecule has 0 spiro atoms. The molecule has 10 nitrogen and oxygen atoms in total. The average molecular weight is 363 g/mol. The molecule has 10 heteroatoms. The summed E-state index contributed by atoms with van der Waals surface area (Å²) in [6.07, 6.45) is 4.86. The second kappa shape index (κ2) is 7.72. The first-order valence-corrected chi connectivity index (χ1v) is 7.92. The number of para-hydroxylation sites is 1. The Hall–Kier alpha value is -3.30. The Bertz CT molecular complexity index is 782. The lowest BCUT2D eigenvalue weighted by Crippen LogP contribution is -2.55. The molecule has 1 aliphatic rings. The van der Waals surface area contributed by atoms with Crippen LogP contribution in [0.4, 0.5) is 11.4 Å². The first-order valence-electron chi connectivity index (χ1n) is 7.92. The molecule has 0 atom stereocenters. The fraction of sp³-hybridized carbons (Fsp3) is 0.375. The van der Waals surface area contributed by atoms with Gasteiger partial charge in [0, 0.05) is 12.1 Å². The first kappa shape index (κ1) is 19.0. The maximum Gasteiger partial charge on any atom is 0.353 e. The largest absolute Gasteiger partial charge is 0.480 e. The Morgan fingerprint density at radius 2 is 1.77 bits per heavy atom. The quantitative estimate of drug-likeness (QED) is 0.447. The van der Waals surface area contributed by atoms with Gasteiger partial charge in [-0.3, -0.25) is 25.0 Å². The second-order valence-electron chi connectivity index (χ2n) is 6.00. The molecule has 1 fully saturated rings. The second-order valence-corrected chi connectivity index (χ2v) is 6.00. The van der Waals surface area contributed by atoms with Crippen molar-refractivity contribution in [3.8, 4) is 0 Å². The highest BCUT2D eigenvalue weighted by Crippen LogP contribution is 2.31. The maximum atomic E-state index is 12.1. The van der Waals surface area contributed by atoms with Gasteiger partial charge in [-0.1, -0.05) is 25.3 Å². The number of benzene rings is 1. The van der Waals surface area contributed by atoms with E-state index >= 15 is 0 Å². The summed E-state index contributed by atoms with van der Waals surface area (Å²) < 4.78 is 0. The van der Waals surface area contributed by atoms with E-state index in [2.05, 4.69) is 5.32 Å². The molecular formula is C16H17N3O7. The van der Waals surface area contributed by atoms with Crippen molar-refractivity contribution in [2.75, 3.05) is 0 Å². The van der Waals surface area contributed by atoms with Crippen molar-refractivity contribution >= 4 is 29.3 Å². The van der Waals surface area contributed by atoms with Gasteiger partial charge in [-0.25, -0.2) is 4.79 Å². The van der Waals surface area contributed by atoms with Gasteiger partial charge in [0.1, 0.15) is 5.54 Å². The van der Waals surface area contributed by atoms with Crippen molar-refractivity contribution in [1.29, 1.82) is 0 Å². The normalized spacial score (nSPS) is 16.2. The number of amides is 1. The summed E-state index contributed by atoms with van der Waals surface area (Å²) >= 11 is 0. The Morgan fingerprint density at radius 1 is 1.12 bits per heavy atom. The number of rotatable bonds is 6. The van der Waals surface area contributed by atoms with E-state index in [0.29, 0.717) is 25.7 Å². The Balaban J connectivity index is 2.25. The molecular weight excluding hydrogens is 346 g/mol. The van der Waals surface area contributed by atoms with E-state index in [9.17, 15) is 34.9 Å². The summed E-state index contributed by atoms with van der Waals surface area (Å²) in [5, 5.41) is 34.0. The van der Waals surface area contributed by atoms with Crippen molar-refractivity contribution in [2.45, 2.75) is 37.6 Å². The zero-order valence-corrected chi connectivity index (χ0v) is 13.7. The van der Waals surface area contributed by atoms with Gasteiger partial charge in [-0.2, -0.15) is 0 Å². The van der Waals surface area contributed by atoms with Crippen molar-refractivity contribution in [2.24, 2.45) is 0 Å². The molecule has 138 valence electrons. The molecule has 2 N–H and O–H groups in total. The lowest BCUT2D eigenvalue weighted by Gasteiger charge is -2.33. The van der Waals surface area contributed by atoms with Gasteiger partial charge in [0.2, 0.25) is 5.91 Å². The molecule has 1 aromatic rings. The van der Waals surface area contributed by atoms with Crippen molar-refractivity contribution < 1.29 is 24.5 Å². The van der Waals surface area contributed by atoms with Crippen molar-refractivity contribution in [3.05, 3.63) is 50.1 Å². The van der Waals surface area contributed by atoms with E-state index in [4.69, 9.17) is 0 Å². The highest BCUT2D eigenvalue weighted by Gasteiger charge is 2.40. The highest BCUT2D eigenvalue weighted by molar-refractivity contribution is 5.96. The summed E-state index contributed by atoms with van der Waals surface area (Å²) in [6.45, 7) is 0. The number of carboxylic acid groups (broad SMARTS) is 1. The van der Waals surface area contributed by atoms with Crippen LogP contribution < -0.4 is 5.32 Å². The fourth-order valence-electron chi connectivity index (χ4n) is 3.02. The van der Waals surface area contributed by atoms with E-state index in [-0.39, 0.29) is 5.56 Å². The molecule has 1 amide bonds. The predicted molar refractivity (Wildman–Crippen MR) is 90.4 cm³/mol. The monoisotopic (exact) mass is 363 g/mol. The van der Waals surface area contributed by atoms with E-state index in [0.717, 1.165) is 24.6 Å². The molecule has 0 bridgehead atoms. The summed E-state index contributed by atoms with van der Waals surface area (Å²) in [7, 11) is 0. The van der Waals surface area contributed by atoms with Crippen LogP contribution in [0.15, 0.2) is 24.3 Å². The summed E-state index contributed by atoms with van der Waals surface area (Å²) in [4.78, 5) is 44.0. The third-order valence-electron chi connectivity index (χ3n) is 4.32. The third-order valence-corrected chi connectivity index (χ3v) is 4.32. The molecule has 0 radical (unpaired) electrons. The SMILES string of the molecule is O=C(/C=C/c1cccc([N+](=O)[O-])c1[N+](=O)[O-])NC1(C(=O)O)CCCCC1. The number of hydrogen-bond acceptors (Lipinski definition) is 6. The number of nitrogens with zero attached hydrogens (tertiary/aromatic N) is 2. The summed E-state index contributed by atoms with van der Waals surface area (Å²) in [5.41, 5.74) is -2.89. The number of carbonyl (C=O) groups excluding carboxylic acids is 1. The minimum Gasteiger partial charge on any atom is -0.480 e.